The minimum Gasteiger partial charge on any atom is -0.496 e. The number of benzene rings is 3. The van der Waals surface area contributed by atoms with E-state index in [4.69, 9.17) is 4.74 Å². The quantitative estimate of drug-likeness (QED) is 0.547. The van der Waals surface area contributed by atoms with Crippen LogP contribution in [0.4, 0.5) is 11.4 Å². The maximum absolute atomic E-state index is 12.7. The minimum atomic E-state index is -3.84. The topological polar surface area (TPSA) is 102 Å². The van der Waals surface area contributed by atoms with Crippen LogP contribution in [0.3, 0.4) is 0 Å². The van der Waals surface area contributed by atoms with Crippen molar-refractivity contribution < 1.29 is 21.6 Å². The summed E-state index contributed by atoms with van der Waals surface area (Å²) in [7, 11) is -6.09. The van der Waals surface area contributed by atoms with E-state index >= 15 is 0 Å². The van der Waals surface area contributed by atoms with Crippen molar-refractivity contribution >= 4 is 31.4 Å². The van der Waals surface area contributed by atoms with Gasteiger partial charge < -0.3 is 4.74 Å². The molecule has 0 aliphatic rings. The fourth-order valence-electron chi connectivity index (χ4n) is 2.83. The molecule has 2 N–H and O–H groups in total. The van der Waals surface area contributed by atoms with E-state index in [-0.39, 0.29) is 15.5 Å². The van der Waals surface area contributed by atoms with Crippen molar-refractivity contribution in [1.82, 2.24) is 0 Å². The highest BCUT2D eigenvalue weighted by Gasteiger charge is 2.18. The molecular weight excluding hydrogens is 424 g/mol. The van der Waals surface area contributed by atoms with Gasteiger partial charge in [-0.15, -0.1) is 0 Å². The van der Waals surface area contributed by atoms with Crippen LogP contribution in [0.15, 0.2) is 82.6 Å². The Morgan fingerprint density at radius 3 is 1.83 bits per heavy atom. The third-order valence-corrected chi connectivity index (χ3v) is 7.16. The summed E-state index contributed by atoms with van der Waals surface area (Å²) >= 11 is 0. The Hall–Kier alpha value is -3.04. The number of rotatable bonds is 8. The van der Waals surface area contributed by atoms with Crippen LogP contribution >= 0.6 is 0 Å². The van der Waals surface area contributed by atoms with Crippen LogP contribution in [0.25, 0.3) is 0 Å². The number of ether oxygens (including phenoxy) is 1. The molecule has 0 unspecified atom stereocenters. The summed E-state index contributed by atoms with van der Waals surface area (Å²) in [6, 6.07) is 18.6. The summed E-state index contributed by atoms with van der Waals surface area (Å²) in [5.41, 5.74) is 1.46. The lowest BCUT2D eigenvalue weighted by molar-refractivity contribution is 0.409. The molecule has 3 rings (SSSR count). The van der Waals surface area contributed by atoms with E-state index in [1.807, 2.05) is 6.92 Å². The smallest absolute Gasteiger partial charge is 0.261 e. The molecule has 3 aromatic rings. The van der Waals surface area contributed by atoms with Crippen LogP contribution in [0.2, 0.25) is 0 Å². The summed E-state index contributed by atoms with van der Waals surface area (Å²) in [6.45, 7) is 1.91. The molecule has 0 saturated heterocycles. The Kier molecular flexibility index (Phi) is 6.33. The largest absolute Gasteiger partial charge is 0.496 e. The SMILES string of the molecule is CCc1cc(S(=O)(=O)Nc2ccc(S(=O)(=O)Nc3ccccc3)cc2)ccc1OC. The lowest BCUT2D eigenvalue weighted by atomic mass is 10.1. The molecule has 0 heterocycles. The second-order valence-corrected chi connectivity index (χ2v) is 9.79. The van der Waals surface area contributed by atoms with Crippen LogP contribution < -0.4 is 14.2 Å². The van der Waals surface area contributed by atoms with Crippen molar-refractivity contribution in [3.63, 3.8) is 0 Å². The molecule has 0 aliphatic heterocycles. The number of hydrogen-bond acceptors (Lipinski definition) is 5. The molecule has 7 nitrogen and oxygen atoms in total. The monoisotopic (exact) mass is 446 g/mol. The highest BCUT2D eigenvalue weighted by molar-refractivity contribution is 7.93. The van der Waals surface area contributed by atoms with Gasteiger partial charge in [0, 0.05) is 11.4 Å². The second kappa shape index (κ2) is 8.76. The van der Waals surface area contributed by atoms with Gasteiger partial charge in [0.25, 0.3) is 20.0 Å². The number of sulfonamides is 2. The Morgan fingerprint density at radius 1 is 0.733 bits per heavy atom. The van der Waals surface area contributed by atoms with Gasteiger partial charge >= 0.3 is 0 Å². The van der Waals surface area contributed by atoms with Crippen LogP contribution in [-0.4, -0.2) is 23.9 Å². The van der Waals surface area contributed by atoms with E-state index in [0.29, 0.717) is 17.9 Å². The molecular formula is C21H22N2O5S2. The van der Waals surface area contributed by atoms with Crippen LogP contribution in [0.1, 0.15) is 12.5 Å². The summed E-state index contributed by atoms with van der Waals surface area (Å²) in [5, 5.41) is 0. The predicted molar refractivity (Wildman–Crippen MR) is 117 cm³/mol. The van der Waals surface area contributed by atoms with Crippen molar-refractivity contribution in [3.8, 4) is 5.75 Å². The van der Waals surface area contributed by atoms with Gasteiger partial charge in [0.1, 0.15) is 5.75 Å². The molecule has 0 aliphatic carbocycles. The molecule has 158 valence electrons. The molecule has 0 spiro atoms. The molecule has 0 bridgehead atoms. The minimum absolute atomic E-state index is 0.0204. The molecule has 9 heteroatoms. The number of aryl methyl sites for hydroxylation is 1. The fourth-order valence-corrected chi connectivity index (χ4v) is 5.00. The number of anilines is 2. The van der Waals surface area contributed by atoms with E-state index in [1.165, 1.54) is 37.4 Å². The van der Waals surface area contributed by atoms with Gasteiger partial charge in [0.15, 0.2) is 0 Å². The molecule has 0 fully saturated rings. The number of nitrogens with one attached hydrogen (secondary N) is 2. The Bertz CT molecular complexity index is 1220. The van der Waals surface area contributed by atoms with Crippen LogP contribution in [-0.2, 0) is 26.5 Å². The lowest BCUT2D eigenvalue weighted by Gasteiger charge is -2.12. The van der Waals surface area contributed by atoms with Gasteiger partial charge in [-0.2, -0.15) is 0 Å². The number of methoxy groups -OCH3 is 1. The average molecular weight is 447 g/mol. The summed E-state index contributed by atoms with van der Waals surface area (Å²) in [6.07, 6.45) is 0.619. The van der Waals surface area contributed by atoms with E-state index in [9.17, 15) is 16.8 Å². The highest BCUT2D eigenvalue weighted by atomic mass is 32.2. The first-order valence-corrected chi connectivity index (χ1v) is 12.1. The normalized spacial score (nSPS) is 11.7. The second-order valence-electron chi connectivity index (χ2n) is 6.43. The average Bonchev–Trinajstić information content (AvgIpc) is 2.73. The van der Waals surface area contributed by atoms with E-state index in [0.717, 1.165) is 5.56 Å². The third-order valence-electron chi connectivity index (χ3n) is 4.39. The zero-order valence-electron chi connectivity index (χ0n) is 16.5. The maximum atomic E-state index is 12.7. The van der Waals surface area contributed by atoms with Crippen molar-refractivity contribution in [2.24, 2.45) is 0 Å². The molecule has 0 radical (unpaired) electrons. The molecule has 0 saturated carbocycles. The highest BCUT2D eigenvalue weighted by Crippen LogP contribution is 2.25. The van der Waals surface area contributed by atoms with Gasteiger partial charge in [-0.25, -0.2) is 16.8 Å². The Morgan fingerprint density at radius 2 is 1.27 bits per heavy atom. The summed E-state index contributed by atoms with van der Waals surface area (Å²) < 4.78 is 60.6. The number of hydrogen-bond donors (Lipinski definition) is 2. The summed E-state index contributed by atoms with van der Waals surface area (Å²) in [4.78, 5) is 0.120. The Labute approximate surface area is 176 Å². The van der Waals surface area contributed by atoms with Gasteiger partial charge in [-0.05, 0) is 66.6 Å². The van der Waals surface area contributed by atoms with Crippen molar-refractivity contribution in [1.29, 1.82) is 0 Å². The predicted octanol–water partition coefficient (Wildman–Crippen LogP) is 3.86. The van der Waals surface area contributed by atoms with Gasteiger partial charge in [-0.3, -0.25) is 9.44 Å². The van der Waals surface area contributed by atoms with Crippen LogP contribution in [0, 0.1) is 0 Å². The number of para-hydroxylation sites is 1. The van der Waals surface area contributed by atoms with Gasteiger partial charge in [0.05, 0.1) is 16.9 Å². The lowest BCUT2D eigenvalue weighted by Crippen LogP contribution is -2.15. The molecule has 3 aromatic carbocycles. The molecule has 0 amide bonds. The van der Waals surface area contributed by atoms with E-state index in [2.05, 4.69) is 9.44 Å². The first kappa shape index (κ1) is 21.7. The van der Waals surface area contributed by atoms with Gasteiger partial charge in [-0.1, -0.05) is 25.1 Å². The van der Waals surface area contributed by atoms with Crippen molar-refractivity contribution in [2.75, 3.05) is 16.6 Å². The van der Waals surface area contributed by atoms with Crippen LogP contribution in [0.5, 0.6) is 5.75 Å². The standard InChI is InChI=1S/C21H22N2O5S2/c1-3-16-15-20(13-14-21(16)28-2)30(26,27)23-18-9-11-19(12-10-18)29(24,25)22-17-7-5-4-6-8-17/h4-15,22-23H,3H2,1-2H3. The fraction of sp³-hybridized carbons (Fsp3) is 0.143. The van der Waals surface area contributed by atoms with E-state index in [1.54, 1.807) is 42.5 Å². The molecule has 0 aromatic heterocycles. The first-order chi connectivity index (χ1) is 14.2. The first-order valence-electron chi connectivity index (χ1n) is 9.13. The molecule has 0 atom stereocenters. The van der Waals surface area contributed by atoms with Gasteiger partial charge in [0.2, 0.25) is 0 Å². The van der Waals surface area contributed by atoms with E-state index < -0.39 is 20.0 Å². The molecule has 30 heavy (non-hydrogen) atoms. The zero-order chi connectivity index (χ0) is 21.8. The van der Waals surface area contributed by atoms with Crippen molar-refractivity contribution in [2.45, 2.75) is 23.1 Å². The third kappa shape index (κ3) is 4.92. The summed E-state index contributed by atoms with van der Waals surface area (Å²) in [5.74, 6) is 0.622. The Balaban J connectivity index is 1.79. The maximum Gasteiger partial charge on any atom is 0.261 e. The zero-order valence-corrected chi connectivity index (χ0v) is 18.1. The van der Waals surface area contributed by atoms with Crippen molar-refractivity contribution in [3.05, 3.63) is 78.4 Å².